The monoisotopic (exact) mass is 567 g/mol. The van der Waals surface area contributed by atoms with E-state index >= 15 is 0 Å². The Hall–Kier alpha value is -4.17. The van der Waals surface area contributed by atoms with E-state index in [-0.39, 0.29) is 29.8 Å². The van der Waals surface area contributed by atoms with Gasteiger partial charge in [-0.25, -0.2) is 0 Å². The van der Waals surface area contributed by atoms with Crippen molar-refractivity contribution in [3.8, 4) is 0 Å². The predicted octanol–water partition coefficient (Wildman–Crippen LogP) is 4.53. The van der Waals surface area contributed by atoms with Crippen LogP contribution in [0.3, 0.4) is 0 Å². The molecule has 1 saturated heterocycles. The Morgan fingerprint density at radius 2 is 1.57 bits per heavy atom. The van der Waals surface area contributed by atoms with Gasteiger partial charge in [0.25, 0.3) is 11.8 Å². The molecule has 1 heterocycles. The Labute approximate surface area is 248 Å². The summed E-state index contributed by atoms with van der Waals surface area (Å²) in [4.78, 5) is 43.7. The molecule has 4 N–H and O–H groups in total. The number of aryl methyl sites for hydroxylation is 1. The van der Waals surface area contributed by atoms with E-state index in [1.165, 1.54) is 0 Å². The van der Waals surface area contributed by atoms with Crippen molar-refractivity contribution in [2.24, 2.45) is 5.73 Å². The first kappa shape index (κ1) is 29.3. The summed E-state index contributed by atoms with van der Waals surface area (Å²) >= 11 is 0. The molecular weight excluding hydrogens is 526 g/mol. The first-order valence-corrected chi connectivity index (χ1v) is 15.0. The van der Waals surface area contributed by atoms with Crippen LogP contribution >= 0.6 is 0 Å². The summed E-state index contributed by atoms with van der Waals surface area (Å²) in [7, 11) is 0. The largest absolute Gasteiger partial charge is 0.368 e. The van der Waals surface area contributed by atoms with E-state index in [0.717, 1.165) is 55.5 Å². The lowest BCUT2D eigenvalue weighted by atomic mass is 9.91. The zero-order valence-corrected chi connectivity index (χ0v) is 24.4. The van der Waals surface area contributed by atoms with E-state index in [4.69, 9.17) is 5.73 Å². The van der Waals surface area contributed by atoms with Gasteiger partial charge in [-0.05, 0) is 74.9 Å². The van der Waals surface area contributed by atoms with Crippen molar-refractivity contribution in [2.45, 2.75) is 57.5 Å². The Bertz CT molecular complexity index is 1400. The number of nitrogens with zero attached hydrogens (tertiary/aromatic N) is 2. The van der Waals surface area contributed by atoms with Crippen molar-refractivity contribution in [1.82, 2.24) is 10.2 Å². The molecule has 2 fully saturated rings. The molecule has 0 spiro atoms. The third kappa shape index (κ3) is 7.56. The van der Waals surface area contributed by atoms with E-state index in [0.29, 0.717) is 42.9 Å². The lowest BCUT2D eigenvalue weighted by Crippen LogP contribution is -2.40. The van der Waals surface area contributed by atoms with Gasteiger partial charge in [-0.1, -0.05) is 48.0 Å². The minimum absolute atomic E-state index is 0.104. The van der Waals surface area contributed by atoms with E-state index in [1.54, 1.807) is 12.1 Å². The Morgan fingerprint density at radius 3 is 2.33 bits per heavy atom. The number of benzene rings is 3. The van der Waals surface area contributed by atoms with Gasteiger partial charge in [0, 0.05) is 49.4 Å². The summed E-state index contributed by atoms with van der Waals surface area (Å²) in [6.45, 7) is 4.58. The fourth-order valence-electron chi connectivity index (χ4n) is 5.86. The number of hydrogen-bond acceptors (Lipinski definition) is 5. The van der Waals surface area contributed by atoms with Gasteiger partial charge in [-0.3, -0.25) is 14.4 Å². The first-order chi connectivity index (χ1) is 20.4. The third-order valence-corrected chi connectivity index (χ3v) is 8.28. The van der Waals surface area contributed by atoms with Crippen LogP contribution in [-0.2, 0) is 11.2 Å². The zero-order valence-electron chi connectivity index (χ0n) is 24.4. The number of anilines is 2. The molecule has 2 aliphatic rings. The van der Waals surface area contributed by atoms with Crippen molar-refractivity contribution in [2.75, 3.05) is 36.4 Å². The van der Waals surface area contributed by atoms with Gasteiger partial charge in [0.05, 0.1) is 17.8 Å². The average Bonchev–Trinajstić information content (AvgIpc) is 3.25. The fraction of sp³-hybridized carbons (Fsp3) is 0.382. The molecule has 1 aliphatic heterocycles. The maximum absolute atomic E-state index is 13.3. The summed E-state index contributed by atoms with van der Waals surface area (Å²) in [6.07, 6.45) is 4.74. The van der Waals surface area contributed by atoms with Crippen LogP contribution in [0.4, 0.5) is 11.4 Å². The standard InChI is InChI=1S/C34H41N5O3/c1-24-7-5-10-26(21-24)34(42)37-30-23-27(33(41)36-29-14-12-28(35)13-15-29)11-16-31(30)38-17-6-18-39(20-19-38)32(40)22-25-8-3-2-4-9-25/h2-5,7-11,16,21,23,28-29H,6,12-15,17-20,22,35H2,1H3,(H,36,41)(H,37,42). The molecule has 3 aromatic rings. The summed E-state index contributed by atoms with van der Waals surface area (Å²) in [6, 6.07) is 23.1. The molecule has 8 nitrogen and oxygen atoms in total. The second kappa shape index (κ2) is 13.7. The number of nitrogens with one attached hydrogen (secondary N) is 2. The van der Waals surface area contributed by atoms with Crippen LogP contribution in [0.15, 0.2) is 72.8 Å². The smallest absolute Gasteiger partial charge is 0.255 e. The first-order valence-electron chi connectivity index (χ1n) is 15.0. The molecule has 1 saturated carbocycles. The van der Waals surface area contributed by atoms with E-state index in [9.17, 15) is 14.4 Å². The highest BCUT2D eigenvalue weighted by atomic mass is 16.2. The molecule has 5 rings (SSSR count). The highest BCUT2D eigenvalue weighted by molar-refractivity contribution is 6.07. The van der Waals surface area contributed by atoms with E-state index < -0.39 is 0 Å². The number of rotatable bonds is 7. The number of hydrogen-bond donors (Lipinski definition) is 3. The van der Waals surface area contributed by atoms with Gasteiger partial charge in [-0.15, -0.1) is 0 Å². The summed E-state index contributed by atoms with van der Waals surface area (Å²) in [5.74, 6) is -0.262. The van der Waals surface area contributed by atoms with Crippen molar-refractivity contribution >= 4 is 29.1 Å². The number of amides is 3. The van der Waals surface area contributed by atoms with Gasteiger partial charge in [0.2, 0.25) is 5.91 Å². The normalized spacial score (nSPS) is 19.1. The third-order valence-electron chi connectivity index (χ3n) is 8.28. The van der Waals surface area contributed by atoms with Crippen molar-refractivity contribution in [1.29, 1.82) is 0 Å². The molecule has 42 heavy (non-hydrogen) atoms. The Morgan fingerprint density at radius 1 is 0.810 bits per heavy atom. The number of carbonyl (C=O) groups is 3. The molecule has 0 bridgehead atoms. The number of carbonyl (C=O) groups excluding carboxylic acids is 3. The quantitative estimate of drug-likeness (QED) is 0.389. The van der Waals surface area contributed by atoms with Crippen LogP contribution in [0.5, 0.6) is 0 Å². The fourth-order valence-corrected chi connectivity index (χ4v) is 5.86. The highest BCUT2D eigenvalue weighted by Gasteiger charge is 2.24. The van der Waals surface area contributed by atoms with E-state index in [2.05, 4.69) is 15.5 Å². The Kier molecular flexibility index (Phi) is 9.54. The second-order valence-electron chi connectivity index (χ2n) is 11.5. The molecule has 3 amide bonds. The molecular formula is C34H41N5O3. The molecule has 220 valence electrons. The lowest BCUT2D eigenvalue weighted by Gasteiger charge is -2.28. The van der Waals surface area contributed by atoms with E-state index in [1.807, 2.05) is 72.5 Å². The van der Waals surface area contributed by atoms with Gasteiger partial charge in [0.1, 0.15) is 0 Å². The molecule has 3 aromatic carbocycles. The van der Waals surface area contributed by atoms with Crippen molar-refractivity contribution in [3.63, 3.8) is 0 Å². The minimum atomic E-state index is -0.228. The highest BCUT2D eigenvalue weighted by Crippen LogP contribution is 2.30. The SMILES string of the molecule is Cc1cccc(C(=O)Nc2cc(C(=O)NC3CCC(N)CC3)ccc2N2CCCN(C(=O)Cc3ccccc3)CC2)c1. The summed E-state index contributed by atoms with van der Waals surface area (Å²) < 4.78 is 0. The average molecular weight is 568 g/mol. The van der Waals surface area contributed by atoms with Crippen LogP contribution in [0, 0.1) is 6.92 Å². The van der Waals surface area contributed by atoms with Crippen molar-refractivity contribution in [3.05, 3.63) is 95.1 Å². The van der Waals surface area contributed by atoms with Crippen LogP contribution in [0.2, 0.25) is 0 Å². The Balaban J connectivity index is 1.34. The molecule has 0 radical (unpaired) electrons. The zero-order chi connectivity index (χ0) is 29.5. The molecule has 0 unspecified atom stereocenters. The maximum Gasteiger partial charge on any atom is 0.255 e. The topological polar surface area (TPSA) is 108 Å². The van der Waals surface area contributed by atoms with Crippen LogP contribution in [0.25, 0.3) is 0 Å². The van der Waals surface area contributed by atoms with Crippen LogP contribution in [-0.4, -0.2) is 60.9 Å². The predicted molar refractivity (Wildman–Crippen MR) is 167 cm³/mol. The van der Waals surface area contributed by atoms with Gasteiger partial charge < -0.3 is 26.2 Å². The van der Waals surface area contributed by atoms with Gasteiger partial charge >= 0.3 is 0 Å². The molecule has 0 aromatic heterocycles. The van der Waals surface area contributed by atoms with Crippen LogP contribution < -0.4 is 21.3 Å². The minimum Gasteiger partial charge on any atom is -0.368 e. The van der Waals surface area contributed by atoms with Gasteiger partial charge in [-0.2, -0.15) is 0 Å². The molecule has 8 heteroatoms. The summed E-state index contributed by atoms with van der Waals surface area (Å²) in [5.41, 5.74) is 10.5. The molecule has 1 aliphatic carbocycles. The maximum atomic E-state index is 13.3. The summed E-state index contributed by atoms with van der Waals surface area (Å²) in [5, 5.41) is 6.24. The lowest BCUT2D eigenvalue weighted by molar-refractivity contribution is -0.130. The van der Waals surface area contributed by atoms with Crippen LogP contribution in [0.1, 0.15) is 63.9 Å². The number of nitrogens with two attached hydrogens (primary N) is 1. The van der Waals surface area contributed by atoms with Gasteiger partial charge in [0.15, 0.2) is 0 Å². The second-order valence-corrected chi connectivity index (χ2v) is 11.5. The molecule has 0 atom stereocenters. The van der Waals surface area contributed by atoms with Crippen molar-refractivity contribution < 1.29 is 14.4 Å².